The Kier molecular flexibility index (Phi) is 4.86. The van der Waals surface area contributed by atoms with Crippen LogP contribution in [0.5, 0.6) is 0 Å². The first-order valence-electron chi connectivity index (χ1n) is 4.02. The van der Waals surface area contributed by atoms with Crippen LogP contribution >= 0.6 is 0 Å². The van der Waals surface area contributed by atoms with Crippen molar-refractivity contribution < 1.29 is 4.74 Å². The standard InChI is InChI=1S/C8H18N2O/c1-5-11-8(9)7(10-4)6(2)3/h6-7,9-10H,5H2,1-4H3/t7-/m1/s1. The first kappa shape index (κ1) is 10.4. The molecule has 3 heteroatoms. The van der Waals surface area contributed by atoms with Crippen LogP contribution in [0.15, 0.2) is 0 Å². The maximum Gasteiger partial charge on any atom is 0.198 e. The van der Waals surface area contributed by atoms with E-state index in [1.165, 1.54) is 0 Å². The number of ether oxygens (including phenoxy) is 1. The molecule has 0 bridgehead atoms. The summed E-state index contributed by atoms with van der Waals surface area (Å²) < 4.78 is 5.08. The maximum atomic E-state index is 7.49. The van der Waals surface area contributed by atoms with Gasteiger partial charge in [0.25, 0.3) is 0 Å². The van der Waals surface area contributed by atoms with Gasteiger partial charge < -0.3 is 10.1 Å². The first-order chi connectivity index (χ1) is 5.13. The van der Waals surface area contributed by atoms with Gasteiger partial charge in [-0.05, 0) is 19.9 Å². The van der Waals surface area contributed by atoms with E-state index >= 15 is 0 Å². The van der Waals surface area contributed by atoms with Gasteiger partial charge >= 0.3 is 0 Å². The molecule has 0 fully saturated rings. The molecule has 0 aliphatic carbocycles. The second-order valence-corrected chi connectivity index (χ2v) is 2.81. The third-order valence-corrected chi connectivity index (χ3v) is 1.56. The van der Waals surface area contributed by atoms with Crippen molar-refractivity contribution in [3.05, 3.63) is 0 Å². The molecule has 0 spiro atoms. The van der Waals surface area contributed by atoms with E-state index in [9.17, 15) is 0 Å². The van der Waals surface area contributed by atoms with Crippen molar-refractivity contribution in [3.63, 3.8) is 0 Å². The lowest BCUT2D eigenvalue weighted by Crippen LogP contribution is -2.39. The van der Waals surface area contributed by atoms with E-state index < -0.39 is 0 Å². The Labute approximate surface area is 68.6 Å². The molecule has 1 atom stereocenters. The normalized spacial score (nSPS) is 13.2. The van der Waals surface area contributed by atoms with E-state index in [1.54, 1.807) is 0 Å². The van der Waals surface area contributed by atoms with Crippen LogP contribution in [-0.4, -0.2) is 25.6 Å². The van der Waals surface area contributed by atoms with Crippen LogP contribution in [0.4, 0.5) is 0 Å². The van der Waals surface area contributed by atoms with Gasteiger partial charge in [-0.2, -0.15) is 0 Å². The molecule has 0 saturated carbocycles. The zero-order valence-corrected chi connectivity index (χ0v) is 7.77. The lowest BCUT2D eigenvalue weighted by Gasteiger charge is -2.20. The molecule has 0 amide bonds. The Morgan fingerprint density at radius 2 is 2.09 bits per heavy atom. The van der Waals surface area contributed by atoms with Gasteiger partial charge in [0, 0.05) is 0 Å². The molecule has 2 N–H and O–H groups in total. The van der Waals surface area contributed by atoms with Gasteiger partial charge in [-0.25, -0.2) is 0 Å². The van der Waals surface area contributed by atoms with Crippen molar-refractivity contribution >= 4 is 5.90 Å². The van der Waals surface area contributed by atoms with E-state index in [2.05, 4.69) is 19.2 Å². The summed E-state index contributed by atoms with van der Waals surface area (Å²) in [4.78, 5) is 0. The minimum Gasteiger partial charge on any atom is -0.480 e. The van der Waals surface area contributed by atoms with Crippen molar-refractivity contribution in [2.75, 3.05) is 13.7 Å². The summed E-state index contributed by atoms with van der Waals surface area (Å²) in [7, 11) is 1.85. The summed E-state index contributed by atoms with van der Waals surface area (Å²) in [5.74, 6) is 0.740. The van der Waals surface area contributed by atoms with Gasteiger partial charge in [-0.3, -0.25) is 5.41 Å². The predicted molar refractivity (Wildman–Crippen MR) is 47.0 cm³/mol. The summed E-state index contributed by atoms with van der Waals surface area (Å²) in [5, 5.41) is 10.5. The molecule has 66 valence electrons. The Balaban J connectivity index is 3.92. The van der Waals surface area contributed by atoms with Crippen molar-refractivity contribution in [1.82, 2.24) is 5.32 Å². The smallest absolute Gasteiger partial charge is 0.198 e. The van der Waals surface area contributed by atoms with E-state index in [0.717, 1.165) is 0 Å². The fourth-order valence-electron chi connectivity index (χ4n) is 1.01. The molecule has 0 aromatic rings. The number of rotatable bonds is 4. The quantitative estimate of drug-likeness (QED) is 0.477. The van der Waals surface area contributed by atoms with Crippen LogP contribution in [0.25, 0.3) is 0 Å². The Bertz CT molecular complexity index is 123. The predicted octanol–water partition coefficient (Wildman–Crippen LogP) is 1.24. The average molecular weight is 158 g/mol. The van der Waals surface area contributed by atoms with Crippen LogP contribution in [0.1, 0.15) is 20.8 Å². The van der Waals surface area contributed by atoms with Gasteiger partial charge in [0.15, 0.2) is 5.90 Å². The molecule has 11 heavy (non-hydrogen) atoms. The highest BCUT2D eigenvalue weighted by atomic mass is 16.5. The average Bonchev–Trinajstić information content (AvgIpc) is 1.88. The SMILES string of the molecule is CCOC(=N)[C@H](NC)C(C)C. The summed E-state index contributed by atoms with van der Waals surface area (Å²) in [6, 6.07) is 0.0509. The third-order valence-electron chi connectivity index (χ3n) is 1.56. The zero-order valence-electron chi connectivity index (χ0n) is 7.77. The van der Waals surface area contributed by atoms with Crippen molar-refractivity contribution in [2.45, 2.75) is 26.8 Å². The number of hydrogen-bond acceptors (Lipinski definition) is 3. The summed E-state index contributed by atoms with van der Waals surface area (Å²) in [6.45, 7) is 6.59. The Hall–Kier alpha value is -0.570. The van der Waals surface area contributed by atoms with Crippen LogP contribution in [0, 0.1) is 11.3 Å². The lowest BCUT2D eigenvalue weighted by molar-refractivity contribution is 0.289. The summed E-state index contributed by atoms with van der Waals surface area (Å²) in [6.07, 6.45) is 0. The molecule has 3 nitrogen and oxygen atoms in total. The topological polar surface area (TPSA) is 45.1 Å². The van der Waals surface area contributed by atoms with Crippen molar-refractivity contribution in [3.8, 4) is 0 Å². The van der Waals surface area contributed by atoms with E-state index in [1.807, 2.05) is 14.0 Å². The molecular formula is C8H18N2O. The minimum atomic E-state index is 0.0509. The minimum absolute atomic E-state index is 0.0509. The number of likely N-dealkylation sites (N-methyl/N-ethyl adjacent to an activating group) is 1. The highest BCUT2D eigenvalue weighted by Gasteiger charge is 2.16. The van der Waals surface area contributed by atoms with Gasteiger partial charge in [-0.1, -0.05) is 13.8 Å². The fourth-order valence-corrected chi connectivity index (χ4v) is 1.01. The fraction of sp³-hybridized carbons (Fsp3) is 0.875. The van der Waals surface area contributed by atoms with Crippen LogP contribution in [0.2, 0.25) is 0 Å². The maximum absolute atomic E-state index is 7.49. The Morgan fingerprint density at radius 3 is 2.36 bits per heavy atom. The summed E-state index contributed by atoms with van der Waals surface area (Å²) in [5.41, 5.74) is 0. The highest BCUT2D eigenvalue weighted by Crippen LogP contribution is 2.02. The molecule has 0 saturated heterocycles. The highest BCUT2D eigenvalue weighted by molar-refractivity contribution is 5.78. The van der Waals surface area contributed by atoms with Crippen molar-refractivity contribution in [2.24, 2.45) is 5.92 Å². The summed E-state index contributed by atoms with van der Waals surface area (Å²) >= 11 is 0. The second-order valence-electron chi connectivity index (χ2n) is 2.81. The van der Waals surface area contributed by atoms with Gasteiger partial charge in [-0.15, -0.1) is 0 Å². The zero-order chi connectivity index (χ0) is 8.85. The molecule has 0 heterocycles. The molecule has 0 aliphatic rings. The lowest BCUT2D eigenvalue weighted by atomic mass is 10.1. The van der Waals surface area contributed by atoms with Gasteiger partial charge in [0.2, 0.25) is 0 Å². The Morgan fingerprint density at radius 1 is 1.55 bits per heavy atom. The first-order valence-corrected chi connectivity index (χ1v) is 4.02. The molecule has 0 aromatic heterocycles. The van der Waals surface area contributed by atoms with E-state index in [0.29, 0.717) is 18.4 Å². The monoisotopic (exact) mass is 158 g/mol. The van der Waals surface area contributed by atoms with Crippen molar-refractivity contribution in [1.29, 1.82) is 5.41 Å². The van der Waals surface area contributed by atoms with Crippen LogP contribution in [0.3, 0.4) is 0 Å². The molecule has 0 aromatic carbocycles. The van der Waals surface area contributed by atoms with Gasteiger partial charge in [0.05, 0.1) is 12.6 Å². The molecule has 0 unspecified atom stereocenters. The van der Waals surface area contributed by atoms with E-state index in [4.69, 9.17) is 10.1 Å². The number of hydrogen-bond donors (Lipinski definition) is 2. The van der Waals surface area contributed by atoms with Crippen LogP contribution in [-0.2, 0) is 4.74 Å². The molecule has 0 radical (unpaired) electrons. The third kappa shape index (κ3) is 3.37. The molecular weight excluding hydrogens is 140 g/mol. The molecule has 0 aliphatic heterocycles. The second kappa shape index (κ2) is 5.13. The number of nitrogens with one attached hydrogen (secondary N) is 2. The molecule has 0 rings (SSSR count). The van der Waals surface area contributed by atoms with Gasteiger partial charge in [0.1, 0.15) is 0 Å². The largest absolute Gasteiger partial charge is 0.480 e. The van der Waals surface area contributed by atoms with E-state index in [-0.39, 0.29) is 6.04 Å². The van der Waals surface area contributed by atoms with Crippen LogP contribution < -0.4 is 5.32 Å².